The van der Waals surface area contributed by atoms with Crippen LogP contribution in [0.4, 0.5) is 0 Å². The summed E-state index contributed by atoms with van der Waals surface area (Å²) in [6.45, 7) is 2.36. The van der Waals surface area contributed by atoms with Crippen molar-refractivity contribution in [3.05, 3.63) is 21.8 Å². The molecule has 62 valence electrons. The normalized spacial score (nSPS) is 25.1. The number of rotatable bonds is 1. The molecule has 11 heavy (non-hydrogen) atoms. The van der Waals surface area contributed by atoms with E-state index >= 15 is 0 Å². The summed E-state index contributed by atoms with van der Waals surface area (Å²) in [5.74, 6) is 0.829. The molecule has 0 spiro atoms. The van der Waals surface area contributed by atoms with Gasteiger partial charge in [0.2, 0.25) is 0 Å². The molecule has 1 rings (SSSR count). The summed E-state index contributed by atoms with van der Waals surface area (Å²) in [6.07, 6.45) is 8.15. The van der Waals surface area contributed by atoms with Crippen molar-refractivity contribution in [1.82, 2.24) is 0 Å². The molecule has 0 saturated heterocycles. The Morgan fingerprint density at radius 2 is 2.00 bits per heavy atom. The fourth-order valence-electron chi connectivity index (χ4n) is 1.73. The molecule has 1 heteroatoms. The van der Waals surface area contributed by atoms with Crippen LogP contribution in [0.15, 0.2) is 21.8 Å². The van der Waals surface area contributed by atoms with Crippen LogP contribution in [-0.2, 0) is 0 Å². The van der Waals surface area contributed by atoms with Gasteiger partial charge in [-0.2, -0.15) is 0 Å². The zero-order valence-corrected chi connectivity index (χ0v) is 10.9. The Balaban J connectivity index is 2.84. The predicted molar refractivity (Wildman–Crippen MR) is 54.4 cm³/mol. The maximum atomic E-state index is 2.50. The second-order valence-electron chi connectivity index (χ2n) is 4.44. The molecule has 0 aromatic carbocycles. The van der Waals surface area contributed by atoms with Crippen molar-refractivity contribution in [2.24, 2.45) is 5.92 Å². The first-order chi connectivity index (χ1) is 5.02. The van der Waals surface area contributed by atoms with Gasteiger partial charge in [0.15, 0.2) is 0 Å². The standard InChI is InChI=1S/C7H9.3CH3.Sn/c1-7-5-3-2-4-6-7;;;;/h2-4,7H,5H2,1H3;3*1H3;. The van der Waals surface area contributed by atoms with Crippen LogP contribution in [0.2, 0.25) is 14.8 Å². The van der Waals surface area contributed by atoms with Gasteiger partial charge in [-0.25, -0.2) is 0 Å². The second kappa shape index (κ2) is 3.34. The van der Waals surface area contributed by atoms with Gasteiger partial charge in [0.25, 0.3) is 0 Å². The van der Waals surface area contributed by atoms with Gasteiger partial charge < -0.3 is 0 Å². The Bertz CT molecular complexity index is 193. The van der Waals surface area contributed by atoms with Crippen LogP contribution in [0, 0.1) is 5.92 Å². The van der Waals surface area contributed by atoms with Gasteiger partial charge in [-0.15, -0.1) is 0 Å². The molecular formula is C10H18Sn. The summed E-state index contributed by atoms with van der Waals surface area (Å²) in [4.78, 5) is 7.49. The fraction of sp³-hybridized carbons (Fsp3) is 0.600. The van der Waals surface area contributed by atoms with Crippen LogP contribution in [0.25, 0.3) is 0 Å². The molecule has 0 nitrogen and oxygen atoms in total. The third kappa shape index (κ3) is 2.36. The summed E-state index contributed by atoms with van der Waals surface area (Å²) in [5, 5.41) is 0. The Morgan fingerprint density at radius 1 is 1.36 bits per heavy atom. The van der Waals surface area contributed by atoms with Crippen LogP contribution in [-0.4, -0.2) is 18.4 Å². The molecule has 0 saturated carbocycles. The first kappa shape index (κ1) is 9.37. The van der Waals surface area contributed by atoms with E-state index in [2.05, 4.69) is 40.0 Å². The topological polar surface area (TPSA) is 0 Å². The molecule has 0 N–H and O–H groups in total. The molecule has 1 aliphatic rings. The molecule has 0 amide bonds. The maximum absolute atomic E-state index is 2.50. The van der Waals surface area contributed by atoms with Crippen molar-refractivity contribution in [2.45, 2.75) is 28.2 Å². The average Bonchev–Trinajstić information content (AvgIpc) is 1.86. The molecule has 1 unspecified atom stereocenters. The SMILES string of the molecule is CC1CC=CC=[C]1[Sn]([CH3])([CH3])[CH3]. The van der Waals surface area contributed by atoms with E-state index < -0.39 is 18.4 Å². The monoisotopic (exact) mass is 258 g/mol. The van der Waals surface area contributed by atoms with Crippen LogP contribution in [0.3, 0.4) is 0 Å². The third-order valence-electron chi connectivity index (χ3n) is 2.30. The third-order valence-corrected chi connectivity index (χ3v) is 9.12. The van der Waals surface area contributed by atoms with Crippen molar-refractivity contribution in [1.29, 1.82) is 0 Å². The van der Waals surface area contributed by atoms with E-state index in [4.69, 9.17) is 0 Å². The minimum absolute atomic E-state index is 0.829. The average molecular weight is 257 g/mol. The molecule has 1 atom stereocenters. The van der Waals surface area contributed by atoms with Crippen molar-refractivity contribution < 1.29 is 0 Å². The van der Waals surface area contributed by atoms with E-state index in [0.29, 0.717) is 0 Å². The summed E-state index contributed by atoms with van der Waals surface area (Å²) >= 11 is -1.71. The first-order valence-electron chi connectivity index (χ1n) is 4.39. The Hall–Kier alpha value is 0.279. The molecular weight excluding hydrogens is 239 g/mol. The van der Waals surface area contributed by atoms with Gasteiger partial charge in [0, 0.05) is 0 Å². The van der Waals surface area contributed by atoms with Gasteiger partial charge in [-0.3, -0.25) is 0 Å². The summed E-state index contributed by atoms with van der Waals surface area (Å²) in [6, 6.07) is 0. The van der Waals surface area contributed by atoms with Crippen molar-refractivity contribution >= 4 is 18.4 Å². The zero-order chi connectivity index (χ0) is 8.48. The molecule has 0 aromatic heterocycles. The van der Waals surface area contributed by atoms with Crippen molar-refractivity contribution in [2.75, 3.05) is 0 Å². The van der Waals surface area contributed by atoms with Crippen LogP contribution >= 0.6 is 0 Å². The van der Waals surface area contributed by atoms with E-state index in [1.807, 2.05) is 0 Å². The Kier molecular flexibility index (Phi) is 2.84. The van der Waals surface area contributed by atoms with Crippen molar-refractivity contribution in [3.63, 3.8) is 0 Å². The Morgan fingerprint density at radius 3 is 2.36 bits per heavy atom. The number of allylic oxidation sites excluding steroid dienone is 4. The molecule has 1 aliphatic carbocycles. The molecule has 0 bridgehead atoms. The van der Waals surface area contributed by atoms with Gasteiger partial charge in [-0.1, -0.05) is 0 Å². The second-order valence-corrected chi connectivity index (χ2v) is 18.9. The van der Waals surface area contributed by atoms with Gasteiger partial charge >= 0.3 is 74.3 Å². The van der Waals surface area contributed by atoms with Crippen LogP contribution in [0.5, 0.6) is 0 Å². The van der Waals surface area contributed by atoms with E-state index in [-0.39, 0.29) is 0 Å². The van der Waals surface area contributed by atoms with Gasteiger partial charge in [-0.05, 0) is 0 Å². The van der Waals surface area contributed by atoms with Crippen LogP contribution in [0.1, 0.15) is 13.3 Å². The van der Waals surface area contributed by atoms with Gasteiger partial charge in [0.1, 0.15) is 0 Å². The van der Waals surface area contributed by atoms with E-state index in [1.54, 1.807) is 3.59 Å². The number of hydrogen-bond acceptors (Lipinski definition) is 0. The molecule has 0 radical (unpaired) electrons. The summed E-state index contributed by atoms with van der Waals surface area (Å²) in [7, 11) is 0. The minimum atomic E-state index is -1.71. The molecule has 0 aromatic rings. The summed E-state index contributed by atoms with van der Waals surface area (Å²) in [5.41, 5.74) is 0. The van der Waals surface area contributed by atoms with Crippen LogP contribution < -0.4 is 0 Å². The predicted octanol–water partition coefficient (Wildman–Crippen LogP) is 3.39. The van der Waals surface area contributed by atoms with Gasteiger partial charge in [0.05, 0.1) is 0 Å². The molecule has 0 fully saturated rings. The quantitative estimate of drug-likeness (QED) is 0.631. The molecule has 0 heterocycles. The summed E-state index contributed by atoms with van der Waals surface area (Å²) < 4.78 is 1.79. The van der Waals surface area contributed by atoms with E-state index in [9.17, 15) is 0 Å². The zero-order valence-electron chi connectivity index (χ0n) is 8.02. The van der Waals surface area contributed by atoms with E-state index in [1.165, 1.54) is 6.42 Å². The first-order valence-corrected chi connectivity index (χ1v) is 14.4. The van der Waals surface area contributed by atoms with E-state index in [0.717, 1.165) is 5.92 Å². The Labute approximate surface area is 74.3 Å². The van der Waals surface area contributed by atoms with Crippen molar-refractivity contribution in [3.8, 4) is 0 Å². The number of hydrogen-bond donors (Lipinski definition) is 0. The molecule has 0 aliphatic heterocycles. The fourth-order valence-corrected chi connectivity index (χ4v) is 7.99.